The first-order valence-corrected chi connectivity index (χ1v) is 13.0. The normalized spacial score (nSPS) is 15.9. The van der Waals surface area contributed by atoms with Gasteiger partial charge in [-0.3, -0.25) is 4.79 Å². The molecule has 1 aromatic heterocycles. The zero-order chi connectivity index (χ0) is 25.4. The Balaban J connectivity index is 1.26. The fraction of sp³-hybridized carbons (Fsp3) is 0.385. The number of halogens is 4. The summed E-state index contributed by atoms with van der Waals surface area (Å²) in [6.45, 7) is 0.539. The number of aromatic nitrogens is 1. The summed E-state index contributed by atoms with van der Waals surface area (Å²) in [7, 11) is 2.12. The second-order valence-corrected chi connectivity index (χ2v) is 10.5. The van der Waals surface area contributed by atoms with Crippen molar-refractivity contribution in [3.63, 3.8) is 0 Å². The van der Waals surface area contributed by atoms with Gasteiger partial charge in [0.15, 0.2) is 0 Å². The van der Waals surface area contributed by atoms with Crippen LogP contribution in [0.25, 0.3) is 11.3 Å². The molecule has 1 fully saturated rings. The predicted octanol–water partition coefficient (Wildman–Crippen LogP) is 6.16. The third-order valence-corrected chi connectivity index (χ3v) is 8.03. The Bertz CT molecular complexity index is 1260. The van der Waals surface area contributed by atoms with Crippen LogP contribution in [0.4, 0.5) is 23.9 Å². The third kappa shape index (κ3) is 5.32. The first kappa shape index (κ1) is 24.9. The number of anilines is 2. The molecule has 0 spiro atoms. The molecule has 2 heterocycles. The Morgan fingerprint density at radius 2 is 1.89 bits per heavy atom. The van der Waals surface area contributed by atoms with Gasteiger partial charge in [0, 0.05) is 44.4 Å². The van der Waals surface area contributed by atoms with E-state index in [2.05, 4.69) is 27.7 Å². The number of fused-ring (bicyclic) bond motifs is 1. The van der Waals surface area contributed by atoms with Crippen molar-refractivity contribution in [2.75, 3.05) is 30.4 Å². The van der Waals surface area contributed by atoms with E-state index in [4.69, 9.17) is 11.6 Å². The second-order valence-electron chi connectivity index (χ2n) is 9.29. The lowest BCUT2D eigenvalue weighted by Gasteiger charge is -2.21. The van der Waals surface area contributed by atoms with E-state index >= 15 is 0 Å². The Morgan fingerprint density at radius 3 is 2.58 bits per heavy atom. The molecule has 1 saturated carbocycles. The van der Waals surface area contributed by atoms with Gasteiger partial charge in [0.2, 0.25) is 0 Å². The molecule has 0 radical (unpaired) electrons. The number of hydrogen-bond donors (Lipinski definition) is 1. The zero-order valence-electron chi connectivity index (χ0n) is 19.7. The van der Waals surface area contributed by atoms with Crippen molar-refractivity contribution < 1.29 is 18.0 Å². The largest absolute Gasteiger partial charge is 0.471 e. The summed E-state index contributed by atoms with van der Waals surface area (Å²) in [6, 6.07) is 14.5. The van der Waals surface area contributed by atoms with Gasteiger partial charge >= 0.3 is 12.1 Å². The number of nitrogens with one attached hydrogen (secondary N) is 1. The van der Waals surface area contributed by atoms with Crippen LogP contribution in [0.5, 0.6) is 0 Å². The number of rotatable bonds is 6. The van der Waals surface area contributed by atoms with Gasteiger partial charge in [-0.2, -0.15) is 17.5 Å². The molecule has 190 valence electrons. The SMILES string of the molecule is CN(c1cc(-c2ccc(CNc3c(Cl)ccc4c3CCN(C(=O)C(F)(F)F)CC4)cc2)ns1)C1CC1. The van der Waals surface area contributed by atoms with E-state index in [1.165, 1.54) is 29.4 Å². The van der Waals surface area contributed by atoms with Crippen LogP contribution < -0.4 is 10.2 Å². The van der Waals surface area contributed by atoms with Crippen LogP contribution >= 0.6 is 23.1 Å². The molecule has 1 N–H and O–H groups in total. The molecule has 1 amide bonds. The smallest absolute Gasteiger partial charge is 0.380 e. The quantitative estimate of drug-likeness (QED) is 0.411. The minimum absolute atomic E-state index is 0.000622. The van der Waals surface area contributed by atoms with Crippen LogP contribution in [0.1, 0.15) is 29.5 Å². The molecule has 36 heavy (non-hydrogen) atoms. The molecule has 2 aliphatic rings. The number of hydrogen-bond acceptors (Lipinski definition) is 5. The van der Waals surface area contributed by atoms with Crippen molar-refractivity contribution in [1.82, 2.24) is 9.27 Å². The van der Waals surface area contributed by atoms with Gasteiger partial charge in [-0.05, 0) is 60.0 Å². The van der Waals surface area contributed by atoms with E-state index in [1.807, 2.05) is 30.3 Å². The van der Waals surface area contributed by atoms with Gasteiger partial charge in [0.25, 0.3) is 0 Å². The lowest BCUT2D eigenvalue weighted by Crippen LogP contribution is -2.42. The maximum absolute atomic E-state index is 12.9. The summed E-state index contributed by atoms with van der Waals surface area (Å²) in [5.41, 5.74) is 5.53. The van der Waals surface area contributed by atoms with Crippen molar-refractivity contribution in [2.45, 2.75) is 44.4 Å². The Morgan fingerprint density at radius 1 is 1.17 bits per heavy atom. The first-order valence-electron chi connectivity index (χ1n) is 11.9. The molecular weight excluding hydrogens is 509 g/mol. The lowest BCUT2D eigenvalue weighted by atomic mass is 10.0. The summed E-state index contributed by atoms with van der Waals surface area (Å²) >= 11 is 7.99. The number of carbonyl (C=O) groups excluding carboxylic acids is 1. The Kier molecular flexibility index (Phi) is 6.87. The van der Waals surface area contributed by atoms with Crippen LogP contribution in [-0.2, 0) is 24.2 Å². The molecule has 5 nitrogen and oxygen atoms in total. The van der Waals surface area contributed by atoms with Crippen molar-refractivity contribution in [2.24, 2.45) is 0 Å². The summed E-state index contributed by atoms with van der Waals surface area (Å²) in [4.78, 5) is 14.9. The van der Waals surface area contributed by atoms with E-state index in [0.29, 0.717) is 36.1 Å². The summed E-state index contributed by atoms with van der Waals surface area (Å²) in [5, 5.41) is 5.06. The van der Waals surface area contributed by atoms with Crippen LogP contribution in [-0.4, -0.2) is 47.5 Å². The van der Waals surface area contributed by atoms with Crippen molar-refractivity contribution in [1.29, 1.82) is 0 Å². The maximum Gasteiger partial charge on any atom is 0.471 e. The van der Waals surface area contributed by atoms with Gasteiger partial charge in [-0.1, -0.05) is 41.9 Å². The van der Waals surface area contributed by atoms with Gasteiger partial charge in [-0.15, -0.1) is 0 Å². The van der Waals surface area contributed by atoms with Gasteiger partial charge in [0.05, 0.1) is 16.4 Å². The lowest BCUT2D eigenvalue weighted by molar-refractivity contribution is -0.185. The molecule has 2 aromatic carbocycles. The molecule has 5 rings (SSSR count). The molecule has 1 aliphatic carbocycles. The standard InChI is InChI=1S/C26H26ClF3N4OS/c1-33(19-7-8-19)23-14-22(32-36-23)18-4-2-16(3-5-18)15-31-24-20-11-13-34(25(35)26(28,29)30)12-10-17(20)6-9-21(24)27/h2-6,9,14,19,31H,7-8,10-13,15H2,1H3. The van der Waals surface area contributed by atoms with E-state index in [1.54, 1.807) is 6.07 Å². The minimum atomic E-state index is -4.87. The fourth-order valence-corrected chi connectivity index (χ4v) is 5.60. The average Bonchev–Trinajstić information content (AvgIpc) is 3.63. The van der Waals surface area contributed by atoms with Gasteiger partial charge in [-0.25, -0.2) is 0 Å². The molecule has 1 aliphatic heterocycles. The fourth-order valence-electron chi connectivity index (χ4n) is 4.56. The number of carbonyl (C=O) groups is 1. The Hall–Kier alpha value is -2.78. The van der Waals surface area contributed by atoms with Crippen LogP contribution in [0.2, 0.25) is 5.02 Å². The number of alkyl halides is 3. The molecule has 0 saturated heterocycles. The van der Waals surface area contributed by atoms with Crippen molar-refractivity contribution in [3.8, 4) is 11.3 Å². The molecule has 10 heteroatoms. The van der Waals surface area contributed by atoms with Crippen LogP contribution in [0.3, 0.4) is 0 Å². The average molecular weight is 535 g/mol. The highest BCUT2D eigenvalue weighted by Gasteiger charge is 2.42. The summed E-state index contributed by atoms with van der Waals surface area (Å²) < 4.78 is 43.4. The predicted molar refractivity (Wildman–Crippen MR) is 138 cm³/mol. The highest BCUT2D eigenvalue weighted by molar-refractivity contribution is 7.10. The third-order valence-electron chi connectivity index (χ3n) is 6.83. The van der Waals surface area contributed by atoms with Crippen LogP contribution in [0.15, 0.2) is 42.5 Å². The van der Waals surface area contributed by atoms with E-state index in [-0.39, 0.29) is 13.1 Å². The van der Waals surface area contributed by atoms with Crippen molar-refractivity contribution in [3.05, 3.63) is 64.2 Å². The van der Waals surface area contributed by atoms with E-state index in [0.717, 1.165) is 32.8 Å². The zero-order valence-corrected chi connectivity index (χ0v) is 21.3. The molecular formula is C26H26ClF3N4OS. The van der Waals surface area contributed by atoms with Gasteiger partial charge in [0.1, 0.15) is 5.00 Å². The van der Waals surface area contributed by atoms with Gasteiger partial charge < -0.3 is 15.1 Å². The molecule has 3 aromatic rings. The van der Waals surface area contributed by atoms with E-state index in [9.17, 15) is 18.0 Å². The molecule has 0 atom stereocenters. The Labute approximate surface area is 217 Å². The first-order chi connectivity index (χ1) is 17.2. The summed E-state index contributed by atoms with van der Waals surface area (Å²) in [6.07, 6.45) is -1.73. The number of benzene rings is 2. The highest BCUT2D eigenvalue weighted by atomic mass is 35.5. The number of amides is 1. The minimum Gasteiger partial charge on any atom is -0.380 e. The molecule has 0 unspecified atom stereocenters. The van der Waals surface area contributed by atoms with E-state index < -0.39 is 12.1 Å². The maximum atomic E-state index is 12.9. The monoisotopic (exact) mass is 534 g/mol. The topological polar surface area (TPSA) is 48.5 Å². The highest BCUT2D eigenvalue weighted by Crippen LogP contribution is 2.36. The van der Waals surface area contributed by atoms with Crippen LogP contribution in [0, 0.1) is 0 Å². The number of nitrogens with zero attached hydrogens (tertiary/aromatic N) is 3. The second kappa shape index (κ2) is 9.94. The summed E-state index contributed by atoms with van der Waals surface area (Å²) in [5.74, 6) is -1.79. The molecule has 0 bridgehead atoms. The van der Waals surface area contributed by atoms with Crippen molar-refractivity contribution >= 4 is 39.7 Å².